The highest BCUT2D eigenvalue weighted by molar-refractivity contribution is 5.85. The first-order valence-corrected chi connectivity index (χ1v) is 9.37. The summed E-state index contributed by atoms with van der Waals surface area (Å²) in [6.07, 6.45) is 1.77. The van der Waals surface area contributed by atoms with E-state index >= 15 is 0 Å². The van der Waals surface area contributed by atoms with E-state index < -0.39 is 0 Å². The molecule has 4 nitrogen and oxygen atoms in total. The third kappa shape index (κ3) is 3.70. The molecular formula is C21H26N2O2. The van der Waals surface area contributed by atoms with Gasteiger partial charge in [-0.15, -0.1) is 0 Å². The molecule has 1 amide bonds. The minimum absolute atomic E-state index is 0.179. The number of amides is 1. The summed E-state index contributed by atoms with van der Waals surface area (Å²) in [6, 6.07) is 15.1. The third-order valence-electron chi connectivity index (χ3n) is 5.53. The van der Waals surface area contributed by atoms with Gasteiger partial charge in [0.15, 0.2) is 0 Å². The molecule has 132 valence electrons. The van der Waals surface area contributed by atoms with Gasteiger partial charge in [-0.2, -0.15) is 0 Å². The highest BCUT2D eigenvalue weighted by Crippen LogP contribution is 2.22. The Morgan fingerprint density at radius 3 is 2.48 bits per heavy atom. The van der Waals surface area contributed by atoms with Crippen molar-refractivity contribution >= 4 is 16.7 Å². The fraction of sp³-hybridized carbons (Fsp3) is 0.476. The molecule has 4 heteroatoms. The van der Waals surface area contributed by atoms with E-state index in [0.29, 0.717) is 5.91 Å². The molecule has 0 bridgehead atoms. The number of carbonyl (C=O) groups excluding carboxylic acids is 1. The smallest absolute Gasteiger partial charge is 0.225 e. The van der Waals surface area contributed by atoms with Crippen molar-refractivity contribution in [1.29, 1.82) is 0 Å². The largest absolute Gasteiger partial charge is 0.381 e. The number of benzene rings is 2. The Morgan fingerprint density at radius 2 is 1.68 bits per heavy atom. The number of rotatable bonds is 3. The lowest BCUT2D eigenvalue weighted by atomic mass is 9.98. The highest BCUT2D eigenvalue weighted by Gasteiger charge is 2.28. The zero-order valence-corrected chi connectivity index (χ0v) is 14.7. The number of carbonyl (C=O) groups is 1. The summed E-state index contributed by atoms with van der Waals surface area (Å²) in [5, 5.41) is 2.64. The molecule has 0 N–H and O–H groups in total. The second-order valence-corrected chi connectivity index (χ2v) is 7.13. The van der Waals surface area contributed by atoms with Gasteiger partial charge in [0.25, 0.3) is 0 Å². The number of ether oxygens (including phenoxy) is 1. The van der Waals surface area contributed by atoms with Crippen LogP contribution >= 0.6 is 0 Å². The Hall–Kier alpha value is -1.91. The van der Waals surface area contributed by atoms with Crippen LogP contribution in [-0.2, 0) is 16.1 Å². The Labute approximate surface area is 149 Å². The van der Waals surface area contributed by atoms with Gasteiger partial charge in [0.1, 0.15) is 0 Å². The Kier molecular flexibility index (Phi) is 4.99. The number of fused-ring (bicyclic) bond motifs is 1. The van der Waals surface area contributed by atoms with Gasteiger partial charge >= 0.3 is 0 Å². The van der Waals surface area contributed by atoms with Crippen molar-refractivity contribution in [2.24, 2.45) is 5.92 Å². The summed E-state index contributed by atoms with van der Waals surface area (Å²) in [6.45, 7) is 6.04. The molecule has 0 aliphatic carbocycles. The summed E-state index contributed by atoms with van der Waals surface area (Å²) in [5.74, 6) is 0.520. The second-order valence-electron chi connectivity index (χ2n) is 7.13. The van der Waals surface area contributed by atoms with E-state index in [4.69, 9.17) is 4.74 Å². The van der Waals surface area contributed by atoms with Crippen LogP contribution in [0.2, 0.25) is 0 Å². The van der Waals surface area contributed by atoms with E-state index in [-0.39, 0.29) is 5.92 Å². The monoisotopic (exact) mass is 338 g/mol. The molecule has 0 spiro atoms. The summed E-state index contributed by atoms with van der Waals surface area (Å²) < 4.78 is 5.38. The van der Waals surface area contributed by atoms with Crippen molar-refractivity contribution in [3.63, 3.8) is 0 Å². The third-order valence-corrected chi connectivity index (χ3v) is 5.53. The van der Waals surface area contributed by atoms with Crippen molar-refractivity contribution in [2.45, 2.75) is 19.4 Å². The van der Waals surface area contributed by atoms with Crippen molar-refractivity contribution in [3.8, 4) is 0 Å². The SMILES string of the molecule is O=C(C1CCOCC1)N1CCN(Cc2cccc3ccccc23)CC1. The van der Waals surface area contributed by atoms with Crippen molar-refractivity contribution in [2.75, 3.05) is 39.4 Å². The molecule has 0 radical (unpaired) electrons. The zero-order chi connectivity index (χ0) is 17.1. The van der Waals surface area contributed by atoms with Gasteiger partial charge < -0.3 is 9.64 Å². The van der Waals surface area contributed by atoms with Crippen LogP contribution < -0.4 is 0 Å². The van der Waals surface area contributed by atoms with Gasteiger partial charge in [0, 0.05) is 51.9 Å². The molecule has 2 aliphatic rings. The van der Waals surface area contributed by atoms with E-state index in [1.165, 1.54) is 16.3 Å². The van der Waals surface area contributed by atoms with Gasteiger partial charge in [-0.1, -0.05) is 42.5 Å². The lowest BCUT2D eigenvalue weighted by Gasteiger charge is -2.37. The molecule has 0 aromatic heterocycles. The topological polar surface area (TPSA) is 32.8 Å². The molecule has 2 heterocycles. The molecular weight excluding hydrogens is 312 g/mol. The maximum atomic E-state index is 12.6. The lowest BCUT2D eigenvalue weighted by Crippen LogP contribution is -2.50. The fourth-order valence-corrected chi connectivity index (χ4v) is 4.00. The Morgan fingerprint density at radius 1 is 0.960 bits per heavy atom. The van der Waals surface area contributed by atoms with Crippen LogP contribution in [0.3, 0.4) is 0 Å². The normalized spacial score (nSPS) is 20.1. The van der Waals surface area contributed by atoms with Crippen LogP contribution in [-0.4, -0.2) is 55.1 Å². The summed E-state index contributed by atoms with van der Waals surface area (Å²) in [7, 11) is 0. The van der Waals surface area contributed by atoms with Gasteiger partial charge in [-0.05, 0) is 29.2 Å². The minimum Gasteiger partial charge on any atom is -0.381 e. The van der Waals surface area contributed by atoms with Crippen LogP contribution in [0.25, 0.3) is 10.8 Å². The van der Waals surface area contributed by atoms with E-state index in [9.17, 15) is 4.79 Å². The molecule has 0 unspecified atom stereocenters. The van der Waals surface area contributed by atoms with Crippen molar-refractivity contribution in [1.82, 2.24) is 9.80 Å². The van der Waals surface area contributed by atoms with Crippen molar-refractivity contribution in [3.05, 3.63) is 48.0 Å². The van der Waals surface area contributed by atoms with E-state index in [2.05, 4.69) is 52.3 Å². The Bertz CT molecular complexity index is 726. The van der Waals surface area contributed by atoms with Crippen LogP contribution in [0.15, 0.2) is 42.5 Å². The molecule has 25 heavy (non-hydrogen) atoms. The van der Waals surface area contributed by atoms with Gasteiger partial charge in [0.2, 0.25) is 5.91 Å². The maximum Gasteiger partial charge on any atom is 0.225 e. The summed E-state index contributed by atoms with van der Waals surface area (Å²) >= 11 is 0. The molecule has 2 aliphatic heterocycles. The minimum atomic E-state index is 0.179. The standard InChI is InChI=1S/C21H26N2O2/c24-21(18-8-14-25-15-9-18)23-12-10-22(11-13-23)16-19-6-3-5-17-4-1-2-7-20(17)19/h1-7,18H,8-16H2. The second kappa shape index (κ2) is 7.54. The first-order chi connectivity index (χ1) is 12.3. The first-order valence-electron chi connectivity index (χ1n) is 9.37. The number of piperazine rings is 1. The number of hydrogen-bond acceptors (Lipinski definition) is 3. The first kappa shape index (κ1) is 16.6. The molecule has 2 aromatic rings. The van der Waals surface area contributed by atoms with Gasteiger partial charge in [0.05, 0.1) is 0 Å². The van der Waals surface area contributed by atoms with Crippen molar-refractivity contribution < 1.29 is 9.53 Å². The zero-order valence-electron chi connectivity index (χ0n) is 14.7. The maximum absolute atomic E-state index is 12.6. The van der Waals surface area contributed by atoms with E-state index in [1.807, 2.05) is 0 Å². The van der Waals surface area contributed by atoms with Crippen LogP contribution in [0.4, 0.5) is 0 Å². The van der Waals surface area contributed by atoms with Crippen LogP contribution in [0, 0.1) is 5.92 Å². The summed E-state index contributed by atoms with van der Waals surface area (Å²) in [5.41, 5.74) is 1.38. The summed E-state index contributed by atoms with van der Waals surface area (Å²) in [4.78, 5) is 17.2. The molecule has 2 aromatic carbocycles. The molecule has 4 rings (SSSR count). The van der Waals surface area contributed by atoms with Crippen LogP contribution in [0.1, 0.15) is 18.4 Å². The van der Waals surface area contributed by atoms with Gasteiger partial charge in [-0.25, -0.2) is 0 Å². The molecule has 0 saturated carbocycles. The van der Waals surface area contributed by atoms with E-state index in [1.54, 1.807) is 0 Å². The number of nitrogens with zero attached hydrogens (tertiary/aromatic N) is 2. The average Bonchev–Trinajstić information content (AvgIpc) is 2.69. The fourth-order valence-electron chi connectivity index (χ4n) is 4.00. The molecule has 2 saturated heterocycles. The van der Waals surface area contributed by atoms with Gasteiger partial charge in [-0.3, -0.25) is 9.69 Å². The highest BCUT2D eigenvalue weighted by atomic mass is 16.5. The number of hydrogen-bond donors (Lipinski definition) is 0. The molecule has 2 fully saturated rings. The van der Waals surface area contributed by atoms with E-state index in [0.717, 1.165) is 58.8 Å². The van der Waals surface area contributed by atoms with Crippen LogP contribution in [0.5, 0.6) is 0 Å². The average molecular weight is 338 g/mol. The Balaban J connectivity index is 1.36. The quantitative estimate of drug-likeness (QED) is 0.863. The lowest BCUT2D eigenvalue weighted by molar-refractivity contribution is -0.140. The predicted molar refractivity (Wildman–Crippen MR) is 99.3 cm³/mol. The molecule has 0 atom stereocenters. The predicted octanol–water partition coefficient (Wildman–Crippen LogP) is 2.91.